The largest absolute Gasteiger partial charge is 0.317 e. The highest BCUT2D eigenvalue weighted by Gasteiger charge is 2.41. The molecule has 0 spiro atoms. The molecule has 6 nitrogen and oxygen atoms in total. The molecule has 8 heteroatoms. The third-order valence-corrected chi connectivity index (χ3v) is 5.86. The second-order valence-electron chi connectivity index (χ2n) is 7.86. The Morgan fingerprint density at radius 1 is 1.30 bits per heavy atom. The highest BCUT2D eigenvalue weighted by atomic mass is 35.5. The Morgan fingerprint density at radius 3 is 2.70 bits per heavy atom. The van der Waals surface area contributed by atoms with Gasteiger partial charge in [0.1, 0.15) is 0 Å². The molecule has 1 N–H and O–H groups in total. The fraction of sp³-hybridized carbons (Fsp3) is 0.526. The summed E-state index contributed by atoms with van der Waals surface area (Å²) in [5.74, 6) is -0.100. The first-order valence-corrected chi connectivity index (χ1v) is 9.51. The maximum atomic E-state index is 13.3. The Bertz CT molecular complexity index is 858. The zero-order valence-corrected chi connectivity index (χ0v) is 17.4. The fourth-order valence-corrected chi connectivity index (χ4v) is 4.64. The van der Waals surface area contributed by atoms with E-state index < -0.39 is 0 Å². The van der Waals surface area contributed by atoms with E-state index >= 15 is 0 Å². The second kappa shape index (κ2) is 7.41. The van der Waals surface area contributed by atoms with E-state index in [0.717, 1.165) is 42.9 Å². The van der Waals surface area contributed by atoms with Crippen LogP contribution in [0.3, 0.4) is 0 Å². The standard InChI is InChI=1S/C19H24ClN5O.ClH/c1-12-17(22-23-25(12)13-7-9-21-10-8-13)18(26)24-11-19(2,3)16-14(20)5-4-6-15(16)24;/h4-6,13,21H,7-11H2,1-3H3;1H. The van der Waals surface area contributed by atoms with Crippen LogP contribution in [-0.4, -0.2) is 40.5 Å². The molecule has 1 saturated heterocycles. The lowest BCUT2D eigenvalue weighted by Crippen LogP contribution is -2.34. The molecule has 0 atom stereocenters. The van der Waals surface area contributed by atoms with E-state index in [2.05, 4.69) is 29.5 Å². The predicted molar refractivity (Wildman–Crippen MR) is 109 cm³/mol. The molecule has 1 fully saturated rings. The average molecular weight is 410 g/mol. The summed E-state index contributed by atoms with van der Waals surface area (Å²) in [6.07, 6.45) is 2.01. The maximum absolute atomic E-state index is 13.3. The summed E-state index contributed by atoms with van der Waals surface area (Å²) >= 11 is 6.43. The molecule has 0 aliphatic carbocycles. The topological polar surface area (TPSA) is 63.1 Å². The van der Waals surface area contributed by atoms with Gasteiger partial charge in [-0.25, -0.2) is 4.68 Å². The minimum Gasteiger partial charge on any atom is -0.317 e. The second-order valence-corrected chi connectivity index (χ2v) is 8.27. The van der Waals surface area contributed by atoms with Gasteiger partial charge in [0.2, 0.25) is 0 Å². The van der Waals surface area contributed by atoms with Crippen molar-refractivity contribution < 1.29 is 4.79 Å². The lowest BCUT2D eigenvalue weighted by molar-refractivity contribution is 0.0980. The molecule has 1 aromatic heterocycles. The molecule has 1 amide bonds. The molecule has 146 valence electrons. The number of nitrogens with one attached hydrogen (secondary N) is 1. The van der Waals surface area contributed by atoms with Crippen LogP contribution in [-0.2, 0) is 5.41 Å². The number of nitrogens with zero attached hydrogens (tertiary/aromatic N) is 4. The van der Waals surface area contributed by atoms with Crippen LogP contribution in [0.5, 0.6) is 0 Å². The van der Waals surface area contributed by atoms with E-state index in [0.29, 0.717) is 23.3 Å². The van der Waals surface area contributed by atoms with Crippen molar-refractivity contribution in [3.8, 4) is 0 Å². The van der Waals surface area contributed by atoms with Gasteiger partial charge in [0.25, 0.3) is 5.91 Å². The molecule has 0 radical (unpaired) electrons. The number of amides is 1. The van der Waals surface area contributed by atoms with Crippen molar-refractivity contribution >= 4 is 35.6 Å². The Balaban J connectivity index is 0.00000210. The molecule has 4 rings (SSSR count). The molecule has 0 unspecified atom stereocenters. The number of hydrogen-bond acceptors (Lipinski definition) is 4. The predicted octanol–water partition coefficient (Wildman–Crippen LogP) is 3.52. The monoisotopic (exact) mass is 409 g/mol. The zero-order valence-electron chi connectivity index (χ0n) is 15.8. The molecule has 2 aromatic rings. The van der Waals surface area contributed by atoms with Crippen LogP contribution in [0.25, 0.3) is 0 Å². The first-order valence-electron chi connectivity index (χ1n) is 9.13. The smallest absolute Gasteiger partial charge is 0.280 e. The number of rotatable bonds is 2. The van der Waals surface area contributed by atoms with Gasteiger partial charge in [-0.1, -0.05) is 36.7 Å². The van der Waals surface area contributed by atoms with E-state index in [1.807, 2.05) is 29.8 Å². The summed E-state index contributed by atoms with van der Waals surface area (Å²) < 4.78 is 1.92. The van der Waals surface area contributed by atoms with E-state index in [1.54, 1.807) is 4.90 Å². The number of fused-ring (bicyclic) bond motifs is 1. The number of carbonyl (C=O) groups is 1. The van der Waals surface area contributed by atoms with Crippen LogP contribution in [0.2, 0.25) is 5.02 Å². The van der Waals surface area contributed by atoms with Crippen LogP contribution in [0.1, 0.15) is 54.5 Å². The number of carbonyl (C=O) groups excluding carboxylic acids is 1. The summed E-state index contributed by atoms with van der Waals surface area (Å²) in [4.78, 5) is 15.1. The van der Waals surface area contributed by atoms with E-state index in [1.165, 1.54) is 0 Å². The van der Waals surface area contributed by atoms with Crippen molar-refractivity contribution in [1.82, 2.24) is 20.3 Å². The molecule has 0 saturated carbocycles. The highest BCUT2D eigenvalue weighted by Crippen LogP contribution is 2.44. The van der Waals surface area contributed by atoms with Gasteiger partial charge in [0, 0.05) is 28.2 Å². The minimum atomic E-state index is -0.192. The number of aromatic nitrogens is 3. The Hall–Kier alpha value is -1.63. The number of piperidine rings is 1. The fourth-order valence-electron chi connectivity index (χ4n) is 4.21. The van der Waals surface area contributed by atoms with Crippen LogP contribution < -0.4 is 10.2 Å². The summed E-state index contributed by atoms with van der Waals surface area (Å²) in [6, 6.07) is 6.04. The molecular weight excluding hydrogens is 385 g/mol. The van der Waals surface area contributed by atoms with Gasteiger partial charge >= 0.3 is 0 Å². The van der Waals surface area contributed by atoms with Crippen LogP contribution in [0.4, 0.5) is 5.69 Å². The van der Waals surface area contributed by atoms with Gasteiger partial charge in [0.05, 0.1) is 11.7 Å². The highest BCUT2D eigenvalue weighted by molar-refractivity contribution is 6.32. The first-order chi connectivity index (χ1) is 12.4. The Kier molecular flexibility index (Phi) is 5.52. The molecule has 1 aromatic carbocycles. The normalized spacial score (nSPS) is 18.9. The van der Waals surface area contributed by atoms with Crippen LogP contribution in [0, 0.1) is 6.92 Å². The van der Waals surface area contributed by atoms with Crippen molar-refractivity contribution in [1.29, 1.82) is 0 Å². The van der Waals surface area contributed by atoms with E-state index in [9.17, 15) is 4.79 Å². The molecule has 2 aliphatic rings. The lowest BCUT2D eigenvalue weighted by Gasteiger charge is -2.23. The minimum absolute atomic E-state index is 0. The van der Waals surface area contributed by atoms with Gasteiger partial charge < -0.3 is 10.2 Å². The van der Waals surface area contributed by atoms with Crippen molar-refractivity contribution in [3.63, 3.8) is 0 Å². The quantitative estimate of drug-likeness (QED) is 0.823. The summed E-state index contributed by atoms with van der Waals surface area (Å²) in [6.45, 7) is 8.70. The van der Waals surface area contributed by atoms with E-state index in [-0.39, 0.29) is 23.7 Å². The molecule has 27 heavy (non-hydrogen) atoms. The third kappa shape index (κ3) is 3.35. The van der Waals surface area contributed by atoms with Gasteiger partial charge in [0.15, 0.2) is 5.69 Å². The summed E-state index contributed by atoms with van der Waals surface area (Å²) in [7, 11) is 0. The summed E-state index contributed by atoms with van der Waals surface area (Å²) in [5.41, 5.74) is 2.99. The van der Waals surface area contributed by atoms with Crippen molar-refractivity contribution in [2.45, 2.75) is 45.1 Å². The third-order valence-electron chi connectivity index (χ3n) is 5.54. The van der Waals surface area contributed by atoms with Gasteiger partial charge in [-0.3, -0.25) is 4.79 Å². The molecule has 0 bridgehead atoms. The zero-order chi connectivity index (χ0) is 18.5. The number of hydrogen-bond donors (Lipinski definition) is 1. The maximum Gasteiger partial charge on any atom is 0.280 e. The van der Waals surface area contributed by atoms with Gasteiger partial charge in [-0.2, -0.15) is 0 Å². The van der Waals surface area contributed by atoms with Gasteiger partial charge in [-0.15, -0.1) is 17.5 Å². The van der Waals surface area contributed by atoms with Gasteiger partial charge in [-0.05, 0) is 45.0 Å². The van der Waals surface area contributed by atoms with Crippen molar-refractivity contribution in [2.75, 3.05) is 24.5 Å². The molecular formula is C19H25Cl2N5O. The van der Waals surface area contributed by atoms with Crippen LogP contribution in [0.15, 0.2) is 18.2 Å². The Morgan fingerprint density at radius 2 is 2.00 bits per heavy atom. The first kappa shape index (κ1) is 20.1. The number of benzene rings is 1. The lowest BCUT2D eigenvalue weighted by atomic mass is 9.87. The van der Waals surface area contributed by atoms with Crippen LogP contribution >= 0.6 is 24.0 Å². The molecule has 3 heterocycles. The number of halogens is 2. The number of anilines is 1. The summed E-state index contributed by atoms with van der Waals surface area (Å²) in [5, 5.41) is 12.6. The van der Waals surface area contributed by atoms with Crippen molar-refractivity contribution in [2.24, 2.45) is 0 Å². The van der Waals surface area contributed by atoms with Crippen molar-refractivity contribution in [3.05, 3.63) is 40.2 Å². The SMILES string of the molecule is Cc1c(C(=O)N2CC(C)(C)c3c(Cl)cccc32)nnn1C1CCNCC1.Cl. The Labute approximate surface area is 170 Å². The average Bonchev–Trinajstić information content (AvgIpc) is 3.13. The van der Waals surface area contributed by atoms with E-state index in [4.69, 9.17) is 11.6 Å². The molecule has 2 aliphatic heterocycles.